The first-order chi connectivity index (χ1) is 10.5. The lowest BCUT2D eigenvalue weighted by molar-refractivity contribution is -0.182. The van der Waals surface area contributed by atoms with Gasteiger partial charge in [-0.05, 0) is 44.4 Å². The molecule has 3 unspecified atom stereocenters. The van der Waals surface area contributed by atoms with Crippen molar-refractivity contribution in [1.29, 1.82) is 0 Å². The minimum Gasteiger partial charge on any atom is -0.379 e. The molecule has 3 nitrogen and oxygen atoms in total. The molecule has 2 aliphatic carbocycles. The second-order valence-electron chi connectivity index (χ2n) is 7.09. The number of ether oxygens (including phenoxy) is 1. The van der Waals surface area contributed by atoms with Crippen LogP contribution in [0, 0.1) is 11.8 Å². The number of nitrogens with one attached hydrogen (secondary N) is 2. The highest BCUT2D eigenvalue weighted by molar-refractivity contribution is 5.85. The Morgan fingerprint density at radius 1 is 1.00 bits per heavy atom. The largest absolute Gasteiger partial charge is 0.391 e. The SMILES string of the molecule is Cl.FC(F)(F)C1CCC(NC2CCCC2C2COCCN2)CC1. The number of morpholine rings is 1. The van der Waals surface area contributed by atoms with E-state index >= 15 is 0 Å². The summed E-state index contributed by atoms with van der Waals surface area (Å²) < 4.78 is 43.8. The first-order valence-electron chi connectivity index (χ1n) is 8.68. The third-order valence-electron chi connectivity index (χ3n) is 5.68. The van der Waals surface area contributed by atoms with Crippen LogP contribution in [0.2, 0.25) is 0 Å². The van der Waals surface area contributed by atoms with Crippen LogP contribution >= 0.6 is 12.4 Å². The van der Waals surface area contributed by atoms with Gasteiger partial charge < -0.3 is 15.4 Å². The van der Waals surface area contributed by atoms with Crippen molar-refractivity contribution in [3.05, 3.63) is 0 Å². The fourth-order valence-corrected chi connectivity index (χ4v) is 4.43. The van der Waals surface area contributed by atoms with Crippen LogP contribution < -0.4 is 10.6 Å². The summed E-state index contributed by atoms with van der Waals surface area (Å²) in [6.07, 6.45) is 1.40. The summed E-state index contributed by atoms with van der Waals surface area (Å²) in [7, 11) is 0. The van der Waals surface area contributed by atoms with Crippen LogP contribution in [0.1, 0.15) is 44.9 Å². The second-order valence-corrected chi connectivity index (χ2v) is 7.09. The Morgan fingerprint density at radius 3 is 2.35 bits per heavy atom. The predicted molar refractivity (Wildman–Crippen MR) is 85.9 cm³/mol. The Labute approximate surface area is 142 Å². The molecule has 3 atom stereocenters. The molecule has 3 aliphatic rings. The van der Waals surface area contributed by atoms with E-state index in [4.69, 9.17) is 4.74 Å². The molecule has 0 spiro atoms. The number of halogens is 4. The monoisotopic (exact) mass is 356 g/mol. The van der Waals surface area contributed by atoms with Crippen LogP contribution in [0.5, 0.6) is 0 Å². The maximum Gasteiger partial charge on any atom is 0.391 e. The van der Waals surface area contributed by atoms with Gasteiger partial charge in [0.25, 0.3) is 0 Å². The minimum atomic E-state index is -4.01. The summed E-state index contributed by atoms with van der Waals surface area (Å²) in [5.74, 6) is -0.529. The molecule has 0 radical (unpaired) electrons. The maximum absolute atomic E-state index is 12.7. The van der Waals surface area contributed by atoms with E-state index in [-0.39, 0.29) is 31.3 Å². The lowest BCUT2D eigenvalue weighted by Gasteiger charge is -2.37. The average Bonchev–Trinajstić information content (AvgIpc) is 2.96. The molecule has 2 N–H and O–H groups in total. The van der Waals surface area contributed by atoms with Gasteiger partial charge in [0.15, 0.2) is 0 Å². The van der Waals surface area contributed by atoms with E-state index < -0.39 is 12.1 Å². The summed E-state index contributed by atoms with van der Waals surface area (Å²) in [4.78, 5) is 0. The van der Waals surface area contributed by atoms with Gasteiger partial charge in [-0.3, -0.25) is 0 Å². The molecule has 1 saturated heterocycles. The Morgan fingerprint density at radius 2 is 1.74 bits per heavy atom. The van der Waals surface area contributed by atoms with E-state index in [1.54, 1.807) is 0 Å². The van der Waals surface area contributed by atoms with Crippen LogP contribution in [0.25, 0.3) is 0 Å². The first kappa shape index (κ1) is 19.3. The van der Waals surface area contributed by atoms with Crippen LogP contribution in [-0.2, 0) is 4.74 Å². The van der Waals surface area contributed by atoms with Gasteiger partial charge in [0, 0.05) is 24.7 Å². The Balaban J connectivity index is 0.00000192. The fourth-order valence-electron chi connectivity index (χ4n) is 4.43. The quantitative estimate of drug-likeness (QED) is 0.814. The molecule has 1 aliphatic heterocycles. The molecule has 0 bridgehead atoms. The zero-order chi connectivity index (χ0) is 15.6. The van der Waals surface area contributed by atoms with Gasteiger partial charge in [-0.1, -0.05) is 6.42 Å². The zero-order valence-electron chi connectivity index (χ0n) is 13.4. The molecular formula is C16H28ClF3N2O. The molecule has 7 heteroatoms. The van der Waals surface area contributed by atoms with Crippen LogP contribution in [0.4, 0.5) is 13.2 Å². The standard InChI is InChI=1S/C16H27F3N2O.ClH/c17-16(18,19)11-4-6-12(7-5-11)21-14-3-1-2-13(14)15-10-22-9-8-20-15;/h11-15,20-21H,1-10H2;1H. The first-order valence-corrected chi connectivity index (χ1v) is 8.68. The minimum absolute atomic E-state index is 0. The number of hydrogen-bond acceptors (Lipinski definition) is 3. The summed E-state index contributed by atoms with van der Waals surface area (Å²) in [5.41, 5.74) is 0. The molecule has 0 amide bonds. The second kappa shape index (κ2) is 8.37. The van der Waals surface area contributed by atoms with Crippen molar-refractivity contribution in [1.82, 2.24) is 10.6 Å². The van der Waals surface area contributed by atoms with Crippen LogP contribution in [0.3, 0.4) is 0 Å². The Bertz CT molecular complexity index is 356. The number of hydrogen-bond donors (Lipinski definition) is 2. The molecule has 2 saturated carbocycles. The van der Waals surface area contributed by atoms with Crippen molar-refractivity contribution < 1.29 is 17.9 Å². The fraction of sp³-hybridized carbons (Fsp3) is 1.00. The van der Waals surface area contributed by atoms with Gasteiger partial charge in [0.2, 0.25) is 0 Å². The number of rotatable bonds is 3. The van der Waals surface area contributed by atoms with E-state index in [0.717, 1.165) is 26.2 Å². The third kappa shape index (κ3) is 4.97. The molecule has 0 aromatic rings. The molecule has 136 valence electrons. The molecule has 0 aromatic heterocycles. The van der Waals surface area contributed by atoms with E-state index in [1.165, 1.54) is 12.8 Å². The van der Waals surface area contributed by atoms with Crippen molar-refractivity contribution in [2.24, 2.45) is 11.8 Å². The molecule has 3 fully saturated rings. The number of alkyl halides is 3. The average molecular weight is 357 g/mol. The van der Waals surface area contributed by atoms with Gasteiger partial charge in [-0.25, -0.2) is 0 Å². The molecule has 3 rings (SSSR count). The van der Waals surface area contributed by atoms with Gasteiger partial charge >= 0.3 is 6.18 Å². The maximum atomic E-state index is 12.7. The highest BCUT2D eigenvalue weighted by Crippen LogP contribution is 2.38. The Kier molecular flexibility index (Phi) is 7.01. The van der Waals surface area contributed by atoms with E-state index in [2.05, 4.69) is 10.6 Å². The topological polar surface area (TPSA) is 33.3 Å². The van der Waals surface area contributed by atoms with Gasteiger partial charge in [-0.15, -0.1) is 12.4 Å². The van der Waals surface area contributed by atoms with Crippen molar-refractivity contribution in [3.63, 3.8) is 0 Å². The smallest absolute Gasteiger partial charge is 0.379 e. The molecule has 1 heterocycles. The van der Waals surface area contributed by atoms with Crippen molar-refractivity contribution in [2.75, 3.05) is 19.8 Å². The molecule has 23 heavy (non-hydrogen) atoms. The van der Waals surface area contributed by atoms with Gasteiger partial charge in [-0.2, -0.15) is 13.2 Å². The van der Waals surface area contributed by atoms with E-state index in [1.807, 2.05) is 0 Å². The van der Waals surface area contributed by atoms with E-state index in [9.17, 15) is 13.2 Å². The lowest BCUT2D eigenvalue weighted by atomic mass is 9.84. The van der Waals surface area contributed by atoms with Crippen LogP contribution in [-0.4, -0.2) is 44.1 Å². The predicted octanol–water partition coefficient (Wildman–Crippen LogP) is 3.28. The highest BCUT2D eigenvalue weighted by Gasteiger charge is 2.42. The summed E-state index contributed by atoms with van der Waals surface area (Å²) in [6, 6.07) is 1.10. The van der Waals surface area contributed by atoms with Gasteiger partial charge in [0.05, 0.1) is 19.1 Å². The molecular weight excluding hydrogens is 329 g/mol. The lowest BCUT2D eigenvalue weighted by Crippen LogP contribution is -2.53. The normalized spacial score (nSPS) is 39.0. The van der Waals surface area contributed by atoms with Crippen molar-refractivity contribution >= 4 is 12.4 Å². The van der Waals surface area contributed by atoms with E-state index in [0.29, 0.717) is 30.8 Å². The van der Waals surface area contributed by atoms with Gasteiger partial charge in [0.1, 0.15) is 0 Å². The highest BCUT2D eigenvalue weighted by atomic mass is 35.5. The Hall–Kier alpha value is -0.0400. The zero-order valence-corrected chi connectivity index (χ0v) is 14.2. The summed E-state index contributed by atoms with van der Waals surface area (Å²) in [5, 5.41) is 7.22. The summed E-state index contributed by atoms with van der Waals surface area (Å²) >= 11 is 0. The van der Waals surface area contributed by atoms with Crippen LogP contribution in [0.15, 0.2) is 0 Å². The third-order valence-corrected chi connectivity index (χ3v) is 5.68. The molecule has 0 aromatic carbocycles. The van der Waals surface area contributed by atoms with Crippen molar-refractivity contribution in [3.8, 4) is 0 Å². The summed E-state index contributed by atoms with van der Waals surface area (Å²) in [6.45, 7) is 2.46. The van der Waals surface area contributed by atoms with Crippen molar-refractivity contribution in [2.45, 2.75) is 69.2 Å².